The van der Waals surface area contributed by atoms with Crippen LogP contribution in [0.1, 0.15) is 34.5 Å². The Labute approximate surface area is 165 Å². The number of aryl methyl sites for hydroxylation is 2. The molecule has 0 fully saturated rings. The molecule has 0 aliphatic carbocycles. The van der Waals surface area contributed by atoms with Gasteiger partial charge in [0.05, 0.1) is 5.25 Å². The van der Waals surface area contributed by atoms with Crippen LogP contribution in [0.15, 0.2) is 35.5 Å². The number of hydrogen-bond donors (Lipinski definition) is 1. The van der Waals surface area contributed by atoms with E-state index in [0.717, 1.165) is 17.1 Å². The Morgan fingerprint density at radius 3 is 2.46 bits per heavy atom. The number of thioether (sulfide) groups is 1. The van der Waals surface area contributed by atoms with Crippen molar-refractivity contribution in [2.24, 2.45) is 0 Å². The number of benzene rings is 1. The number of ketones is 1. The number of carbonyl (C=O) groups is 1. The SMILES string of the molecule is Cc1nc(SC(C)C(=O)c2cc(C)n(-c3ccc(OC(F)F)cc3)c2C)n[nH]1. The molecular formula is C19H20F2N4O2S. The molecule has 3 rings (SSSR count). The van der Waals surface area contributed by atoms with Crippen molar-refractivity contribution in [2.75, 3.05) is 0 Å². The van der Waals surface area contributed by atoms with Crippen LogP contribution < -0.4 is 4.74 Å². The molecule has 2 heterocycles. The van der Waals surface area contributed by atoms with Crippen molar-refractivity contribution >= 4 is 17.5 Å². The maximum absolute atomic E-state index is 12.9. The van der Waals surface area contributed by atoms with Crippen LogP contribution in [0.2, 0.25) is 0 Å². The highest BCUT2D eigenvalue weighted by molar-refractivity contribution is 8.00. The van der Waals surface area contributed by atoms with E-state index >= 15 is 0 Å². The quantitative estimate of drug-likeness (QED) is 0.462. The van der Waals surface area contributed by atoms with Gasteiger partial charge in [0.25, 0.3) is 0 Å². The fourth-order valence-corrected chi connectivity index (χ4v) is 3.83. The van der Waals surface area contributed by atoms with E-state index in [1.807, 2.05) is 31.4 Å². The third kappa shape index (κ3) is 4.24. The standard InChI is InChI=1S/C19H20F2N4O2S/c1-10-9-16(17(26)12(3)28-19-22-13(4)23-24-19)11(2)25(10)14-5-7-15(8-6-14)27-18(20)21/h5-9,12,18H,1-4H3,(H,22,23,24). The Kier molecular flexibility index (Phi) is 5.83. The van der Waals surface area contributed by atoms with Gasteiger partial charge in [-0.05, 0) is 58.0 Å². The Hall–Kier alpha value is -2.68. The molecule has 0 amide bonds. The Morgan fingerprint density at radius 1 is 1.21 bits per heavy atom. The second-order valence-corrected chi connectivity index (χ2v) is 7.63. The van der Waals surface area contributed by atoms with E-state index < -0.39 is 6.61 Å². The van der Waals surface area contributed by atoms with Gasteiger partial charge in [0.2, 0.25) is 5.16 Å². The molecule has 1 N–H and O–H groups in total. The molecule has 0 spiro atoms. The minimum Gasteiger partial charge on any atom is -0.435 e. The fraction of sp³-hybridized carbons (Fsp3) is 0.316. The largest absolute Gasteiger partial charge is 0.435 e. The average molecular weight is 406 g/mol. The summed E-state index contributed by atoms with van der Waals surface area (Å²) < 4.78 is 30.9. The first-order valence-corrected chi connectivity index (χ1v) is 9.48. The minimum atomic E-state index is -2.86. The van der Waals surface area contributed by atoms with Crippen molar-refractivity contribution < 1.29 is 18.3 Å². The Bertz CT molecular complexity index is 982. The van der Waals surface area contributed by atoms with E-state index in [1.54, 1.807) is 19.1 Å². The maximum Gasteiger partial charge on any atom is 0.387 e. The fourth-order valence-electron chi connectivity index (χ4n) is 2.99. The zero-order chi connectivity index (χ0) is 20.4. The average Bonchev–Trinajstić information content (AvgIpc) is 3.17. The van der Waals surface area contributed by atoms with E-state index in [4.69, 9.17) is 0 Å². The van der Waals surface area contributed by atoms with Gasteiger partial charge >= 0.3 is 6.61 Å². The Balaban J connectivity index is 1.83. The molecule has 9 heteroatoms. The summed E-state index contributed by atoms with van der Waals surface area (Å²) in [5.74, 6) is 0.758. The van der Waals surface area contributed by atoms with Gasteiger partial charge in [0.15, 0.2) is 5.78 Å². The van der Waals surface area contributed by atoms with Gasteiger partial charge in [-0.1, -0.05) is 11.8 Å². The lowest BCUT2D eigenvalue weighted by atomic mass is 10.1. The van der Waals surface area contributed by atoms with E-state index in [0.29, 0.717) is 16.5 Å². The van der Waals surface area contributed by atoms with Gasteiger partial charge < -0.3 is 9.30 Å². The smallest absolute Gasteiger partial charge is 0.387 e. The zero-order valence-electron chi connectivity index (χ0n) is 15.9. The third-order valence-corrected chi connectivity index (χ3v) is 5.21. The van der Waals surface area contributed by atoms with Crippen molar-refractivity contribution in [2.45, 2.75) is 44.7 Å². The van der Waals surface area contributed by atoms with Crippen molar-refractivity contribution in [1.82, 2.24) is 19.7 Å². The third-order valence-electron chi connectivity index (χ3n) is 4.24. The second kappa shape index (κ2) is 8.14. The Morgan fingerprint density at radius 2 is 1.89 bits per heavy atom. The van der Waals surface area contributed by atoms with Crippen LogP contribution in [-0.4, -0.2) is 37.4 Å². The van der Waals surface area contributed by atoms with E-state index in [9.17, 15) is 13.6 Å². The molecule has 0 saturated carbocycles. The summed E-state index contributed by atoms with van der Waals surface area (Å²) in [5, 5.41) is 6.99. The summed E-state index contributed by atoms with van der Waals surface area (Å²) in [6.45, 7) is 4.51. The number of nitrogens with zero attached hydrogens (tertiary/aromatic N) is 3. The molecule has 0 saturated heterocycles. The van der Waals surface area contributed by atoms with E-state index in [1.165, 1.54) is 23.9 Å². The lowest BCUT2D eigenvalue weighted by Gasteiger charge is -2.12. The van der Waals surface area contributed by atoms with Crippen molar-refractivity contribution in [3.63, 3.8) is 0 Å². The number of alkyl halides is 2. The molecule has 0 bridgehead atoms. The predicted octanol–water partition coefficient (Wildman–Crippen LogP) is 4.49. The summed E-state index contributed by atoms with van der Waals surface area (Å²) in [6, 6.07) is 8.15. The van der Waals surface area contributed by atoms with Gasteiger partial charge in [-0.15, -0.1) is 5.10 Å². The number of Topliss-reactive ketones (excluding diaryl/α,β-unsaturated/α-hetero) is 1. The van der Waals surface area contributed by atoms with Crippen LogP contribution in [0, 0.1) is 20.8 Å². The van der Waals surface area contributed by atoms with Crippen LogP contribution in [0.5, 0.6) is 5.75 Å². The lowest BCUT2D eigenvalue weighted by Crippen LogP contribution is -2.14. The molecule has 0 radical (unpaired) electrons. The number of halogens is 2. The highest BCUT2D eigenvalue weighted by Crippen LogP contribution is 2.28. The van der Waals surface area contributed by atoms with Gasteiger partial charge in [-0.2, -0.15) is 8.78 Å². The molecule has 2 aromatic heterocycles. The molecule has 1 unspecified atom stereocenters. The van der Waals surface area contributed by atoms with Gasteiger partial charge in [-0.25, -0.2) is 4.98 Å². The van der Waals surface area contributed by atoms with Crippen molar-refractivity contribution in [3.8, 4) is 11.4 Å². The van der Waals surface area contributed by atoms with Crippen LogP contribution >= 0.6 is 11.8 Å². The molecule has 6 nitrogen and oxygen atoms in total. The molecule has 28 heavy (non-hydrogen) atoms. The zero-order valence-corrected chi connectivity index (χ0v) is 16.7. The second-order valence-electron chi connectivity index (χ2n) is 6.32. The number of nitrogens with one attached hydrogen (secondary N) is 1. The topological polar surface area (TPSA) is 72.8 Å². The van der Waals surface area contributed by atoms with Crippen LogP contribution in [0.4, 0.5) is 8.78 Å². The first-order chi connectivity index (χ1) is 13.3. The number of carbonyl (C=O) groups excluding carboxylic acids is 1. The summed E-state index contributed by atoms with van der Waals surface area (Å²) in [4.78, 5) is 17.2. The molecule has 1 aromatic carbocycles. The van der Waals surface area contributed by atoms with Crippen molar-refractivity contribution in [3.05, 3.63) is 53.1 Å². The van der Waals surface area contributed by atoms with Crippen molar-refractivity contribution in [1.29, 1.82) is 0 Å². The molecule has 1 atom stereocenters. The van der Waals surface area contributed by atoms with Crippen LogP contribution in [0.3, 0.4) is 0 Å². The van der Waals surface area contributed by atoms with Gasteiger partial charge in [-0.3, -0.25) is 9.89 Å². The summed E-state index contributed by atoms with van der Waals surface area (Å²) in [7, 11) is 0. The molecular weight excluding hydrogens is 386 g/mol. The number of rotatable bonds is 7. The lowest BCUT2D eigenvalue weighted by molar-refractivity contribution is -0.0498. The number of aromatic nitrogens is 4. The summed E-state index contributed by atoms with van der Waals surface area (Å²) >= 11 is 1.29. The number of hydrogen-bond acceptors (Lipinski definition) is 5. The molecule has 0 aliphatic heterocycles. The van der Waals surface area contributed by atoms with Gasteiger partial charge in [0.1, 0.15) is 11.6 Å². The number of H-pyrrole nitrogens is 1. The van der Waals surface area contributed by atoms with Crippen LogP contribution in [0.25, 0.3) is 5.69 Å². The normalized spacial score (nSPS) is 12.4. The first-order valence-electron chi connectivity index (χ1n) is 8.60. The predicted molar refractivity (Wildman–Crippen MR) is 103 cm³/mol. The highest BCUT2D eigenvalue weighted by Gasteiger charge is 2.23. The molecule has 0 aliphatic rings. The minimum absolute atomic E-state index is 0.0237. The maximum atomic E-state index is 12.9. The van der Waals surface area contributed by atoms with E-state index in [-0.39, 0.29) is 16.8 Å². The first kappa shape index (κ1) is 20.1. The number of aromatic amines is 1. The summed E-state index contributed by atoms with van der Waals surface area (Å²) in [5.41, 5.74) is 3.02. The van der Waals surface area contributed by atoms with Gasteiger partial charge in [0, 0.05) is 22.6 Å². The highest BCUT2D eigenvalue weighted by atomic mass is 32.2. The number of ether oxygens (including phenoxy) is 1. The monoisotopic (exact) mass is 406 g/mol. The van der Waals surface area contributed by atoms with E-state index in [2.05, 4.69) is 19.9 Å². The van der Waals surface area contributed by atoms with Crippen LogP contribution in [-0.2, 0) is 0 Å². The molecule has 3 aromatic rings. The molecule has 148 valence electrons. The summed E-state index contributed by atoms with van der Waals surface area (Å²) in [6.07, 6.45) is 0.